The molecule has 5 nitrogen and oxygen atoms in total. The van der Waals surface area contributed by atoms with Gasteiger partial charge in [-0.3, -0.25) is 4.57 Å². The van der Waals surface area contributed by atoms with Crippen molar-refractivity contribution in [3.05, 3.63) is 35.5 Å². The van der Waals surface area contributed by atoms with E-state index in [1.807, 2.05) is 6.92 Å². The number of nitrogens with zero attached hydrogens (tertiary/aromatic N) is 4. The Bertz CT molecular complexity index is 803. The van der Waals surface area contributed by atoms with Crippen molar-refractivity contribution in [1.82, 2.24) is 19.3 Å². The Morgan fingerprint density at radius 1 is 1.30 bits per heavy atom. The molecule has 2 aromatic heterocycles. The van der Waals surface area contributed by atoms with Crippen LogP contribution in [-0.4, -0.2) is 19.3 Å². The van der Waals surface area contributed by atoms with Crippen LogP contribution < -0.4 is 5.73 Å². The summed E-state index contributed by atoms with van der Waals surface area (Å²) in [6.45, 7) is 4.28. The van der Waals surface area contributed by atoms with Crippen LogP contribution in [0.3, 0.4) is 0 Å². The zero-order chi connectivity index (χ0) is 14.4. The van der Waals surface area contributed by atoms with Gasteiger partial charge in [0.25, 0.3) is 0 Å². The fourth-order valence-electron chi connectivity index (χ4n) is 2.30. The van der Waals surface area contributed by atoms with Crippen molar-refractivity contribution >= 4 is 17.1 Å². The molecular formula is C13H13F2N5. The molecule has 0 saturated carbocycles. The molecule has 0 saturated heterocycles. The van der Waals surface area contributed by atoms with Gasteiger partial charge in [-0.2, -0.15) is 5.10 Å². The number of aromatic nitrogens is 4. The molecule has 2 heterocycles. The molecule has 1 aromatic carbocycles. The number of halogens is 2. The van der Waals surface area contributed by atoms with Gasteiger partial charge in [0, 0.05) is 12.6 Å². The van der Waals surface area contributed by atoms with Crippen LogP contribution in [0.1, 0.15) is 12.6 Å². The minimum Gasteiger partial charge on any atom is -0.369 e. The summed E-state index contributed by atoms with van der Waals surface area (Å²) in [5.41, 5.74) is 7.74. The molecule has 3 aromatic rings. The van der Waals surface area contributed by atoms with Gasteiger partial charge in [0.05, 0.1) is 11.4 Å². The second kappa shape index (κ2) is 4.29. The summed E-state index contributed by atoms with van der Waals surface area (Å²) in [5.74, 6) is -1.01. The summed E-state index contributed by atoms with van der Waals surface area (Å²) in [5, 5.41) is 4.31. The molecule has 2 N–H and O–H groups in total. The zero-order valence-corrected chi connectivity index (χ0v) is 11.1. The van der Waals surface area contributed by atoms with Crippen LogP contribution in [0.5, 0.6) is 0 Å². The number of aryl methyl sites for hydroxylation is 2. The molecule has 0 aliphatic rings. The summed E-state index contributed by atoms with van der Waals surface area (Å²) in [6.07, 6.45) is 0. The van der Waals surface area contributed by atoms with E-state index in [0.29, 0.717) is 23.4 Å². The van der Waals surface area contributed by atoms with Crippen molar-refractivity contribution < 1.29 is 8.78 Å². The highest BCUT2D eigenvalue weighted by Crippen LogP contribution is 2.27. The maximum atomic E-state index is 14.0. The summed E-state index contributed by atoms with van der Waals surface area (Å²) in [7, 11) is 0. The molecule has 0 fully saturated rings. The van der Waals surface area contributed by atoms with Crippen molar-refractivity contribution in [2.75, 3.05) is 5.73 Å². The van der Waals surface area contributed by atoms with Crippen LogP contribution >= 0.6 is 0 Å². The lowest BCUT2D eigenvalue weighted by atomic mass is 10.3. The Morgan fingerprint density at radius 3 is 2.75 bits per heavy atom. The van der Waals surface area contributed by atoms with Crippen LogP contribution in [0.2, 0.25) is 0 Å². The van der Waals surface area contributed by atoms with Gasteiger partial charge in [-0.15, -0.1) is 0 Å². The van der Waals surface area contributed by atoms with Crippen molar-refractivity contribution in [3.8, 4) is 5.69 Å². The van der Waals surface area contributed by atoms with Crippen LogP contribution in [-0.2, 0) is 6.54 Å². The number of hydrogen-bond donors (Lipinski definition) is 1. The summed E-state index contributed by atoms with van der Waals surface area (Å²) in [6, 6.07) is 3.22. The van der Waals surface area contributed by atoms with Gasteiger partial charge in [0.15, 0.2) is 5.65 Å². The number of nitrogen functional groups attached to an aromatic ring is 1. The first-order valence-electron chi connectivity index (χ1n) is 6.19. The Balaban J connectivity index is 2.41. The molecule has 0 unspecified atom stereocenters. The number of anilines is 1. The van der Waals surface area contributed by atoms with Crippen LogP contribution in [0.25, 0.3) is 16.9 Å². The minimum atomic E-state index is -0.570. The third-order valence-electron chi connectivity index (χ3n) is 3.19. The van der Waals surface area contributed by atoms with Crippen molar-refractivity contribution in [1.29, 1.82) is 0 Å². The van der Waals surface area contributed by atoms with Gasteiger partial charge >= 0.3 is 0 Å². The smallest absolute Gasteiger partial charge is 0.207 e. The Hall–Kier alpha value is -2.44. The second-order valence-electron chi connectivity index (χ2n) is 4.47. The molecular weight excluding hydrogens is 264 g/mol. The summed E-state index contributed by atoms with van der Waals surface area (Å²) < 4.78 is 30.4. The Morgan fingerprint density at radius 2 is 2.05 bits per heavy atom. The number of benzene rings is 1. The Kier molecular flexibility index (Phi) is 2.70. The molecule has 7 heteroatoms. The summed E-state index contributed by atoms with van der Waals surface area (Å²) in [4.78, 5) is 4.20. The molecule has 3 rings (SSSR count). The van der Waals surface area contributed by atoms with Gasteiger partial charge in [-0.25, -0.2) is 18.4 Å². The van der Waals surface area contributed by atoms with Gasteiger partial charge in [-0.1, -0.05) is 0 Å². The van der Waals surface area contributed by atoms with E-state index < -0.39 is 11.6 Å². The van der Waals surface area contributed by atoms with Crippen LogP contribution in [0.4, 0.5) is 14.7 Å². The minimum absolute atomic E-state index is 0.0274. The molecule has 0 bridgehead atoms. The first-order valence-corrected chi connectivity index (χ1v) is 6.19. The molecule has 0 atom stereocenters. The highest BCUT2D eigenvalue weighted by molar-refractivity contribution is 5.80. The van der Waals surface area contributed by atoms with Crippen LogP contribution in [0.15, 0.2) is 18.2 Å². The predicted octanol–water partition coefficient (Wildman–Crippen LogP) is 2.41. The highest BCUT2D eigenvalue weighted by atomic mass is 19.1. The molecule has 0 aliphatic heterocycles. The highest BCUT2D eigenvalue weighted by Gasteiger charge is 2.20. The summed E-state index contributed by atoms with van der Waals surface area (Å²) >= 11 is 0. The predicted molar refractivity (Wildman–Crippen MR) is 71.6 cm³/mol. The third kappa shape index (κ3) is 1.66. The van der Waals surface area contributed by atoms with Crippen molar-refractivity contribution in [2.45, 2.75) is 20.4 Å². The number of hydrogen-bond acceptors (Lipinski definition) is 3. The largest absolute Gasteiger partial charge is 0.369 e. The second-order valence-corrected chi connectivity index (χ2v) is 4.47. The average Bonchev–Trinajstić information content (AvgIpc) is 2.90. The lowest BCUT2D eigenvalue weighted by Gasteiger charge is -2.09. The molecule has 0 spiro atoms. The quantitative estimate of drug-likeness (QED) is 0.782. The third-order valence-corrected chi connectivity index (χ3v) is 3.19. The van der Waals surface area contributed by atoms with E-state index in [1.54, 1.807) is 11.6 Å². The van der Waals surface area contributed by atoms with Gasteiger partial charge in [-0.05, 0) is 26.0 Å². The molecule has 0 amide bonds. The number of nitrogens with two attached hydrogens (primary N) is 1. The lowest BCUT2D eigenvalue weighted by Crippen LogP contribution is -2.08. The topological polar surface area (TPSA) is 61.7 Å². The first kappa shape index (κ1) is 12.6. The average molecular weight is 277 g/mol. The van der Waals surface area contributed by atoms with E-state index in [1.165, 1.54) is 4.57 Å². The number of rotatable bonds is 2. The number of fused-ring (bicyclic) bond motifs is 1. The van der Waals surface area contributed by atoms with Gasteiger partial charge in [0.2, 0.25) is 5.95 Å². The fraction of sp³-hybridized carbons (Fsp3) is 0.231. The standard InChI is InChI=1S/C13H13F2N5/c1-3-19-12-11(7(2)18-19)17-13(16)20(12)10-6-8(14)4-5-9(10)15/h4-6H,3H2,1-2H3,(H2,16,17). The fourth-order valence-corrected chi connectivity index (χ4v) is 2.30. The normalized spacial score (nSPS) is 11.4. The van der Waals surface area contributed by atoms with E-state index in [4.69, 9.17) is 5.73 Å². The SMILES string of the molecule is CCn1nc(C)c2nc(N)n(-c3cc(F)ccc3F)c21. The molecule has 104 valence electrons. The maximum absolute atomic E-state index is 14.0. The van der Waals surface area contributed by atoms with E-state index in [0.717, 1.165) is 18.2 Å². The first-order chi connectivity index (χ1) is 9.52. The van der Waals surface area contributed by atoms with Crippen LogP contribution in [0, 0.1) is 18.6 Å². The lowest BCUT2D eigenvalue weighted by molar-refractivity contribution is 0.591. The molecule has 0 aliphatic carbocycles. The monoisotopic (exact) mass is 277 g/mol. The van der Waals surface area contributed by atoms with Gasteiger partial charge in [0.1, 0.15) is 17.2 Å². The van der Waals surface area contributed by atoms with Crippen molar-refractivity contribution in [3.63, 3.8) is 0 Å². The van der Waals surface area contributed by atoms with Gasteiger partial charge < -0.3 is 5.73 Å². The zero-order valence-electron chi connectivity index (χ0n) is 11.1. The maximum Gasteiger partial charge on any atom is 0.207 e. The molecule has 0 radical (unpaired) electrons. The van der Waals surface area contributed by atoms with E-state index in [-0.39, 0.29) is 11.6 Å². The Labute approximate surface area is 113 Å². The van der Waals surface area contributed by atoms with E-state index in [2.05, 4.69) is 10.1 Å². The number of imidazole rings is 1. The van der Waals surface area contributed by atoms with Crippen molar-refractivity contribution in [2.24, 2.45) is 0 Å². The van der Waals surface area contributed by atoms with E-state index in [9.17, 15) is 8.78 Å². The van der Waals surface area contributed by atoms with E-state index >= 15 is 0 Å². The molecule has 20 heavy (non-hydrogen) atoms.